The zero-order valence-corrected chi connectivity index (χ0v) is 12.6. The summed E-state index contributed by atoms with van der Waals surface area (Å²) < 4.78 is 5.04. The fourth-order valence-corrected chi connectivity index (χ4v) is 1.83. The molecule has 2 aromatic rings. The highest BCUT2D eigenvalue weighted by atomic mass is 16.5. The monoisotopic (exact) mass is 302 g/mol. The molecule has 3 N–H and O–H groups in total. The van der Waals surface area contributed by atoms with Gasteiger partial charge in [-0.3, -0.25) is 14.7 Å². The average molecular weight is 302 g/mol. The maximum atomic E-state index is 12.2. The summed E-state index contributed by atoms with van der Waals surface area (Å²) in [5.41, 5.74) is 0.937. The van der Waals surface area contributed by atoms with E-state index in [1.165, 1.54) is 6.20 Å². The molecule has 0 fully saturated rings. The minimum Gasteiger partial charge on any atom is -0.497 e. The maximum absolute atomic E-state index is 12.2. The quantitative estimate of drug-likeness (QED) is 0.784. The van der Waals surface area contributed by atoms with E-state index in [9.17, 15) is 9.59 Å². The number of aromatic amines is 1. The molecule has 1 heterocycles. The Labute approximate surface area is 128 Å². The van der Waals surface area contributed by atoms with Gasteiger partial charge in [-0.2, -0.15) is 5.10 Å². The number of amides is 2. The molecule has 0 atom stereocenters. The first-order chi connectivity index (χ1) is 10.5. The van der Waals surface area contributed by atoms with Gasteiger partial charge in [-0.15, -0.1) is 0 Å². The van der Waals surface area contributed by atoms with Crippen LogP contribution in [0.4, 0.5) is 5.69 Å². The summed E-state index contributed by atoms with van der Waals surface area (Å²) in [6, 6.07) is 6.65. The first kappa shape index (κ1) is 15.6. The first-order valence-electron chi connectivity index (χ1n) is 6.81. The van der Waals surface area contributed by atoms with Crippen LogP contribution in [0.5, 0.6) is 5.75 Å². The van der Waals surface area contributed by atoms with Crippen molar-refractivity contribution in [3.63, 3.8) is 0 Å². The van der Waals surface area contributed by atoms with Gasteiger partial charge in [0.05, 0.1) is 12.8 Å². The highest BCUT2D eigenvalue weighted by molar-refractivity contribution is 6.08. The summed E-state index contributed by atoms with van der Waals surface area (Å²) in [4.78, 5) is 24.2. The Morgan fingerprint density at radius 2 is 1.86 bits per heavy atom. The molecule has 0 aliphatic carbocycles. The summed E-state index contributed by atoms with van der Waals surface area (Å²) in [6.07, 6.45) is 1.47. The molecule has 0 aliphatic heterocycles. The van der Waals surface area contributed by atoms with Gasteiger partial charge in [-0.05, 0) is 38.1 Å². The molecule has 0 bridgehead atoms. The maximum Gasteiger partial charge on any atom is 0.274 e. The SMILES string of the molecule is COc1ccc(C(=O)Nc2c[nH]nc2C(=O)NC(C)C)cc1. The normalized spacial score (nSPS) is 10.4. The lowest BCUT2D eigenvalue weighted by molar-refractivity contribution is 0.0939. The number of nitrogens with zero attached hydrogens (tertiary/aromatic N) is 1. The number of rotatable bonds is 5. The molecule has 0 saturated carbocycles. The van der Waals surface area contributed by atoms with E-state index in [0.717, 1.165) is 0 Å². The number of hydrogen-bond acceptors (Lipinski definition) is 4. The van der Waals surface area contributed by atoms with E-state index in [1.807, 2.05) is 13.8 Å². The van der Waals surface area contributed by atoms with Crippen molar-refractivity contribution in [2.75, 3.05) is 12.4 Å². The lowest BCUT2D eigenvalue weighted by Gasteiger charge is -2.09. The third kappa shape index (κ3) is 3.63. The van der Waals surface area contributed by atoms with Crippen molar-refractivity contribution in [3.05, 3.63) is 41.7 Å². The summed E-state index contributed by atoms with van der Waals surface area (Å²) in [5.74, 6) is -0.0132. The molecule has 7 heteroatoms. The third-order valence-corrected chi connectivity index (χ3v) is 2.88. The summed E-state index contributed by atoms with van der Waals surface area (Å²) in [6.45, 7) is 3.69. The molecule has 1 aromatic heterocycles. The average Bonchev–Trinajstić information content (AvgIpc) is 2.95. The van der Waals surface area contributed by atoms with Crippen molar-refractivity contribution in [3.8, 4) is 5.75 Å². The van der Waals surface area contributed by atoms with E-state index in [1.54, 1.807) is 31.4 Å². The third-order valence-electron chi connectivity index (χ3n) is 2.88. The van der Waals surface area contributed by atoms with Gasteiger partial charge in [0.15, 0.2) is 5.69 Å². The topological polar surface area (TPSA) is 96.1 Å². The number of benzene rings is 1. The second-order valence-electron chi connectivity index (χ2n) is 4.96. The van der Waals surface area contributed by atoms with Crippen molar-refractivity contribution in [2.24, 2.45) is 0 Å². The van der Waals surface area contributed by atoms with Gasteiger partial charge >= 0.3 is 0 Å². The molecular formula is C15H18N4O3. The molecule has 0 unspecified atom stereocenters. The molecular weight excluding hydrogens is 284 g/mol. The van der Waals surface area contributed by atoms with Gasteiger partial charge in [0.2, 0.25) is 0 Å². The van der Waals surface area contributed by atoms with Crippen LogP contribution in [-0.2, 0) is 0 Å². The Hall–Kier alpha value is -2.83. The lowest BCUT2D eigenvalue weighted by atomic mass is 10.2. The van der Waals surface area contributed by atoms with Gasteiger partial charge in [0, 0.05) is 17.8 Å². The number of ether oxygens (including phenoxy) is 1. The molecule has 22 heavy (non-hydrogen) atoms. The van der Waals surface area contributed by atoms with Gasteiger partial charge in [-0.1, -0.05) is 0 Å². The molecule has 7 nitrogen and oxygen atoms in total. The highest BCUT2D eigenvalue weighted by Gasteiger charge is 2.17. The van der Waals surface area contributed by atoms with Gasteiger partial charge in [0.1, 0.15) is 5.75 Å². The highest BCUT2D eigenvalue weighted by Crippen LogP contribution is 2.15. The van der Waals surface area contributed by atoms with E-state index < -0.39 is 0 Å². The molecule has 116 valence electrons. The van der Waals surface area contributed by atoms with Crippen molar-refractivity contribution in [1.82, 2.24) is 15.5 Å². The number of methoxy groups -OCH3 is 1. The van der Waals surface area contributed by atoms with Crippen LogP contribution in [0.2, 0.25) is 0 Å². The predicted molar refractivity (Wildman–Crippen MR) is 82.1 cm³/mol. The number of carbonyl (C=O) groups is 2. The fourth-order valence-electron chi connectivity index (χ4n) is 1.83. The van der Waals surface area contributed by atoms with Crippen LogP contribution >= 0.6 is 0 Å². The Morgan fingerprint density at radius 3 is 2.45 bits per heavy atom. The fraction of sp³-hybridized carbons (Fsp3) is 0.267. The van der Waals surface area contributed by atoms with E-state index >= 15 is 0 Å². The van der Waals surface area contributed by atoms with Crippen LogP contribution < -0.4 is 15.4 Å². The van der Waals surface area contributed by atoms with Crippen molar-refractivity contribution >= 4 is 17.5 Å². The van der Waals surface area contributed by atoms with Crippen LogP contribution in [0.15, 0.2) is 30.5 Å². The van der Waals surface area contributed by atoms with Crippen molar-refractivity contribution in [2.45, 2.75) is 19.9 Å². The van der Waals surface area contributed by atoms with Crippen LogP contribution in [0.3, 0.4) is 0 Å². The number of hydrogen-bond donors (Lipinski definition) is 3. The van der Waals surface area contributed by atoms with Crippen molar-refractivity contribution in [1.29, 1.82) is 0 Å². The minimum atomic E-state index is -0.346. The second kappa shape index (κ2) is 6.75. The zero-order valence-electron chi connectivity index (χ0n) is 12.6. The number of carbonyl (C=O) groups excluding carboxylic acids is 2. The van der Waals surface area contributed by atoms with Gasteiger partial charge in [-0.25, -0.2) is 0 Å². The molecule has 0 radical (unpaired) electrons. The molecule has 0 aliphatic rings. The van der Waals surface area contributed by atoms with E-state index in [4.69, 9.17) is 4.74 Å². The van der Waals surface area contributed by atoms with Crippen molar-refractivity contribution < 1.29 is 14.3 Å². The van der Waals surface area contributed by atoms with Crippen LogP contribution in [-0.4, -0.2) is 35.2 Å². The summed E-state index contributed by atoms with van der Waals surface area (Å²) >= 11 is 0. The largest absolute Gasteiger partial charge is 0.497 e. The zero-order chi connectivity index (χ0) is 16.1. The molecule has 2 rings (SSSR count). The number of aromatic nitrogens is 2. The molecule has 0 saturated heterocycles. The Morgan fingerprint density at radius 1 is 1.18 bits per heavy atom. The standard InChI is InChI=1S/C15H18N4O3/c1-9(2)17-15(21)13-12(8-16-19-13)18-14(20)10-4-6-11(22-3)7-5-10/h4-9H,1-3H3,(H,16,19)(H,17,21)(H,18,20). The van der Waals surface area contributed by atoms with Crippen LogP contribution in [0.1, 0.15) is 34.7 Å². The molecule has 1 aromatic carbocycles. The van der Waals surface area contributed by atoms with Crippen LogP contribution in [0, 0.1) is 0 Å². The smallest absolute Gasteiger partial charge is 0.274 e. The number of nitrogens with one attached hydrogen (secondary N) is 3. The number of H-pyrrole nitrogens is 1. The van der Waals surface area contributed by atoms with E-state index in [2.05, 4.69) is 20.8 Å². The van der Waals surface area contributed by atoms with Gasteiger partial charge < -0.3 is 15.4 Å². The summed E-state index contributed by atoms with van der Waals surface area (Å²) in [7, 11) is 1.56. The number of anilines is 1. The lowest BCUT2D eigenvalue weighted by Crippen LogP contribution is -2.31. The van der Waals surface area contributed by atoms with Crippen LogP contribution in [0.25, 0.3) is 0 Å². The van der Waals surface area contributed by atoms with E-state index in [0.29, 0.717) is 17.0 Å². The Bertz CT molecular complexity index is 662. The first-order valence-corrected chi connectivity index (χ1v) is 6.81. The molecule has 2 amide bonds. The predicted octanol–water partition coefficient (Wildman–Crippen LogP) is 1.81. The Kier molecular flexibility index (Phi) is 4.77. The van der Waals surface area contributed by atoms with E-state index in [-0.39, 0.29) is 23.6 Å². The minimum absolute atomic E-state index is 0.0191. The summed E-state index contributed by atoms with van der Waals surface area (Å²) in [5, 5.41) is 11.8. The second-order valence-corrected chi connectivity index (χ2v) is 4.96. The van der Waals surface area contributed by atoms with Gasteiger partial charge in [0.25, 0.3) is 11.8 Å². The molecule has 0 spiro atoms. The Balaban J connectivity index is 2.11.